The lowest BCUT2D eigenvalue weighted by Crippen LogP contribution is -2.40. The van der Waals surface area contributed by atoms with Gasteiger partial charge in [0.1, 0.15) is 0 Å². The molecule has 1 saturated carbocycles. The smallest absolute Gasteiger partial charge is 0.330 e. The fourth-order valence-electron chi connectivity index (χ4n) is 8.38. The number of hydrogen-bond donors (Lipinski definition) is 1. The Balaban J connectivity index is 1.80. The van der Waals surface area contributed by atoms with Gasteiger partial charge in [0.25, 0.3) is 0 Å². The van der Waals surface area contributed by atoms with Crippen molar-refractivity contribution in [1.29, 1.82) is 0 Å². The summed E-state index contributed by atoms with van der Waals surface area (Å²) in [7, 11) is 0. The van der Waals surface area contributed by atoms with Crippen molar-refractivity contribution in [3.8, 4) is 0 Å². The molecule has 5 atom stereocenters. The molecule has 2 heterocycles. The van der Waals surface area contributed by atoms with Crippen molar-refractivity contribution in [2.24, 2.45) is 11.8 Å². The Kier molecular flexibility index (Phi) is 12.5. The first-order valence-electron chi connectivity index (χ1n) is 17.6. The molecule has 2 spiro atoms. The average Bonchev–Trinajstić information content (AvgIpc) is 3.74. The second-order valence-corrected chi connectivity index (χ2v) is 13.3. The van der Waals surface area contributed by atoms with Gasteiger partial charge in [0, 0.05) is 37.3 Å². The van der Waals surface area contributed by atoms with Gasteiger partial charge in [-0.05, 0) is 69.8 Å². The van der Waals surface area contributed by atoms with Crippen LogP contribution in [0.2, 0.25) is 0 Å². The number of carbonyl (C=O) groups is 2. The zero-order chi connectivity index (χ0) is 29.2. The second-order valence-electron chi connectivity index (χ2n) is 13.3. The Morgan fingerprint density at radius 2 is 1.62 bits per heavy atom. The van der Waals surface area contributed by atoms with Crippen LogP contribution in [-0.4, -0.2) is 27.4 Å². The molecule has 40 heavy (non-hydrogen) atoms. The fraction of sp³-hybridized carbons (Fsp3) is 0.833. The summed E-state index contributed by atoms with van der Waals surface area (Å²) in [5.41, 5.74) is 2.26. The van der Waals surface area contributed by atoms with Crippen LogP contribution in [0.1, 0.15) is 170 Å². The number of allylic oxidation sites excluding steroid dienone is 3. The summed E-state index contributed by atoms with van der Waals surface area (Å²) in [6.07, 6.45) is 27.0. The normalized spacial score (nSPS) is 31.2. The van der Waals surface area contributed by atoms with E-state index >= 15 is 0 Å². The van der Waals surface area contributed by atoms with Gasteiger partial charge in [-0.25, -0.2) is 4.79 Å². The summed E-state index contributed by atoms with van der Waals surface area (Å²) < 4.78 is 0.625. The summed E-state index contributed by atoms with van der Waals surface area (Å²) in [5.74, 6) is 0.991. The summed E-state index contributed by atoms with van der Waals surface area (Å²) in [4.78, 5) is 28.0. The topological polar surface area (TPSA) is 46.2 Å². The third-order valence-corrected chi connectivity index (χ3v) is 10.8. The lowest BCUT2D eigenvalue weighted by molar-refractivity contribution is -0.675. The molecule has 0 radical (unpaired) electrons. The number of amides is 2. The van der Waals surface area contributed by atoms with Crippen LogP contribution < -0.4 is 5.32 Å². The minimum absolute atomic E-state index is 0.00940. The number of fused-ring (bicyclic) bond motifs is 1. The van der Waals surface area contributed by atoms with Crippen molar-refractivity contribution in [3.63, 3.8) is 0 Å². The van der Waals surface area contributed by atoms with Crippen LogP contribution in [0.4, 0.5) is 0 Å². The number of nitrogens with zero attached hydrogens (tertiary/aromatic N) is 1. The lowest BCUT2D eigenvalue weighted by atomic mass is 9.79. The first kappa shape index (κ1) is 33.1. The molecular formula is C36H63N2O2+. The highest BCUT2D eigenvalue weighted by atomic mass is 16.2. The molecule has 3 fully saturated rings. The highest BCUT2D eigenvalue weighted by Crippen LogP contribution is 2.78. The summed E-state index contributed by atoms with van der Waals surface area (Å²) in [5, 5.41) is 3.47. The maximum Gasteiger partial charge on any atom is 0.382 e. The molecule has 4 heteroatoms. The summed E-state index contributed by atoms with van der Waals surface area (Å²) >= 11 is 0. The molecule has 0 bridgehead atoms. The predicted octanol–water partition coefficient (Wildman–Crippen LogP) is 9.89. The van der Waals surface area contributed by atoms with Crippen LogP contribution in [0.25, 0.3) is 0 Å². The molecule has 1 aliphatic carbocycles. The van der Waals surface area contributed by atoms with Crippen molar-refractivity contribution in [3.05, 3.63) is 23.5 Å². The number of nitrogens with one attached hydrogen (secondary N) is 1. The molecule has 2 saturated heterocycles. The van der Waals surface area contributed by atoms with Gasteiger partial charge in [-0.15, -0.1) is 0 Å². The van der Waals surface area contributed by atoms with Crippen molar-refractivity contribution in [2.45, 2.75) is 181 Å². The van der Waals surface area contributed by atoms with Gasteiger partial charge in [-0.2, -0.15) is 4.48 Å². The SMILES string of the molecule is CCCCC/C=C1/C(CC)(CCCC)[N+]12C(=O)C21CCCC(C(=O)N/C(=C/CCCCC)C(CC)CCCC)C1. The van der Waals surface area contributed by atoms with E-state index in [9.17, 15) is 9.59 Å². The third kappa shape index (κ3) is 6.18. The Labute approximate surface area is 247 Å². The monoisotopic (exact) mass is 555 g/mol. The lowest BCUT2D eigenvalue weighted by Gasteiger charge is -2.27. The van der Waals surface area contributed by atoms with Gasteiger partial charge in [0.05, 0.1) is 0 Å². The standard InChI is InChI=1S/C36H62N2O2/c1-7-13-17-19-24-31(29(11-5)22-15-9-3)37-33(39)30-23-21-27-36(28-30)34(40)38(36)32(25-20-18-14-8-2)35(38,12-6)26-16-10-4/h24-25,29-30H,7-23,26-28H2,1-6H3/p+1/b31-24+,32-25-. The van der Waals surface area contributed by atoms with Crippen molar-refractivity contribution < 1.29 is 14.1 Å². The second kappa shape index (κ2) is 15.2. The summed E-state index contributed by atoms with van der Waals surface area (Å²) in [6.45, 7) is 13.6. The molecule has 0 aromatic carbocycles. The molecule has 0 aromatic rings. The predicted molar refractivity (Wildman–Crippen MR) is 168 cm³/mol. The molecule has 3 rings (SSSR count). The van der Waals surface area contributed by atoms with E-state index in [2.05, 4.69) is 59.0 Å². The van der Waals surface area contributed by atoms with Crippen LogP contribution in [0.3, 0.4) is 0 Å². The Hall–Kier alpha value is -1.42. The highest BCUT2D eigenvalue weighted by Gasteiger charge is 3.01. The van der Waals surface area contributed by atoms with Gasteiger partial charge < -0.3 is 5.32 Å². The first-order chi connectivity index (χ1) is 19.4. The largest absolute Gasteiger partial charge is 0.382 e. The van der Waals surface area contributed by atoms with E-state index in [1.165, 1.54) is 69.9 Å². The van der Waals surface area contributed by atoms with E-state index in [-0.39, 0.29) is 22.9 Å². The molecule has 4 nitrogen and oxygen atoms in total. The Morgan fingerprint density at radius 3 is 2.25 bits per heavy atom. The maximum absolute atomic E-state index is 14.1. The molecular weight excluding hydrogens is 492 g/mol. The highest BCUT2D eigenvalue weighted by molar-refractivity contribution is 5.98. The van der Waals surface area contributed by atoms with E-state index in [0.717, 1.165) is 69.9 Å². The summed E-state index contributed by atoms with van der Waals surface area (Å²) in [6, 6.07) is 0. The van der Waals surface area contributed by atoms with Gasteiger partial charge in [-0.1, -0.05) is 92.6 Å². The van der Waals surface area contributed by atoms with E-state index < -0.39 is 0 Å². The minimum atomic E-state index is -0.335. The minimum Gasteiger partial charge on any atom is -0.330 e. The van der Waals surface area contributed by atoms with Gasteiger partial charge in [-0.3, -0.25) is 4.79 Å². The Morgan fingerprint density at radius 1 is 0.950 bits per heavy atom. The molecule has 3 aliphatic rings. The van der Waals surface area contributed by atoms with Crippen LogP contribution in [-0.2, 0) is 9.59 Å². The van der Waals surface area contributed by atoms with E-state index in [1.54, 1.807) is 0 Å². The first-order valence-corrected chi connectivity index (χ1v) is 17.6. The molecule has 228 valence electrons. The maximum atomic E-state index is 14.1. The van der Waals surface area contributed by atoms with E-state index in [1.807, 2.05) is 0 Å². The number of carbonyl (C=O) groups excluding carboxylic acids is 2. The van der Waals surface area contributed by atoms with Crippen molar-refractivity contribution >= 4 is 11.8 Å². The quantitative estimate of drug-likeness (QED) is 0.0979. The number of quaternary nitrogens is 1. The van der Waals surface area contributed by atoms with Gasteiger partial charge in [0.15, 0.2) is 11.2 Å². The Bertz CT molecular complexity index is 906. The van der Waals surface area contributed by atoms with Gasteiger partial charge >= 0.3 is 5.91 Å². The molecule has 1 N–H and O–H groups in total. The average molecular weight is 556 g/mol. The zero-order valence-electron chi connectivity index (χ0n) is 27.2. The third-order valence-electron chi connectivity index (χ3n) is 10.8. The zero-order valence-corrected chi connectivity index (χ0v) is 27.2. The number of unbranched alkanes of at least 4 members (excludes halogenated alkanes) is 8. The molecule has 5 unspecified atom stereocenters. The van der Waals surface area contributed by atoms with Crippen molar-refractivity contribution in [2.75, 3.05) is 0 Å². The van der Waals surface area contributed by atoms with E-state index in [4.69, 9.17) is 0 Å². The molecule has 2 aliphatic heterocycles. The number of rotatable bonds is 19. The molecule has 2 amide bonds. The van der Waals surface area contributed by atoms with Gasteiger partial charge in [0.2, 0.25) is 11.4 Å². The van der Waals surface area contributed by atoms with Crippen molar-refractivity contribution in [1.82, 2.24) is 5.32 Å². The van der Waals surface area contributed by atoms with E-state index in [0.29, 0.717) is 16.3 Å². The number of hydrogen-bond acceptors (Lipinski definition) is 2. The van der Waals surface area contributed by atoms with Crippen LogP contribution in [0.15, 0.2) is 23.5 Å². The fourth-order valence-corrected chi connectivity index (χ4v) is 8.38. The molecule has 0 aromatic heterocycles. The van der Waals surface area contributed by atoms with Crippen LogP contribution in [0.5, 0.6) is 0 Å². The van der Waals surface area contributed by atoms with Crippen LogP contribution in [0, 0.1) is 11.8 Å². The van der Waals surface area contributed by atoms with Crippen LogP contribution >= 0.6 is 0 Å².